The van der Waals surface area contributed by atoms with Crippen LogP contribution in [0.3, 0.4) is 0 Å². The lowest BCUT2D eigenvalue weighted by atomic mass is 9.72. The Bertz CT molecular complexity index is 622. The minimum Gasteiger partial charge on any atom is -0.497 e. The lowest BCUT2D eigenvalue weighted by molar-refractivity contribution is -0.152. The fourth-order valence-electron chi connectivity index (χ4n) is 4.07. The number of hydrogen-bond donors (Lipinski definition) is 2. The third kappa shape index (κ3) is 3.12. The number of hydrogen-bond acceptors (Lipinski definition) is 3. The molecule has 0 aromatic heterocycles. The van der Waals surface area contributed by atoms with E-state index < -0.39 is 11.9 Å². The standard InChI is InChI=1S/C19H25NO4/c1-24-14-6-4-5-13(11-14)19(9-2-3-10-19)12-20-17(21)15-7-8-16(15)18(22)23/h4-6,11,15-16H,2-3,7-10,12H2,1H3,(H,20,21)(H,22,23). The molecule has 5 nitrogen and oxygen atoms in total. The number of benzene rings is 1. The number of nitrogens with one attached hydrogen (secondary N) is 1. The molecule has 3 rings (SSSR count). The monoisotopic (exact) mass is 331 g/mol. The molecule has 2 N–H and O–H groups in total. The minimum absolute atomic E-state index is 0.0628. The van der Waals surface area contributed by atoms with Gasteiger partial charge in [-0.3, -0.25) is 9.59 Å². The van der Waals surface area contributed by atoms with Crippen LogP contribution >= 0.6 is 0 Å². The van der Waals surface area contributed by atoms with Crippen molar-refractivity contribution in [1.29, 1.82) is 0 Å². The molecule has 2 aliphatic rings. The van der Waals surface area contributed by atoms with Gasteiger partial charge < -0.3 is 15.2 Å². The third-order valence-electron chi connectivity index (χ3n) is 5.77. The van der Waals surface area contributed by atoms with Crippen molar-refractivity contribution in [2.45, 2.75) is 43.9 Å². The largest absolute Gasteiger partial charge is 0.497 e. The highest BCUT2D eigenvalue weighted by Gasteiger charge is 2.43. The quantitative estimate of drug-likeness (QED) is 0.840. The Hall–Kier alpha value is -2.04. The molecule has 0 radical (unpaired) electrons. The van der Waals surface area contributed by atoms with E-state index in [0.717, 1.165) is 31.4 Å². The van der Waals surface area contributed by atoms with E-state index in [4.69, 9.17) is 9.84 Å². The van der Waals surface area contributed by atoms with Crippen molar-refractivity contribution in [3.8, 4) is 5.75 Å². The summed E-state index contributed by atoms with van der Waals surface area (Å²) in [5.74, 6) is -1.02. The van der Waals surface area contributed by atoms with Gasteiger partial charge >= 0.3 is 5.97 Å². The number of carboxylic acids is 1. The van der Waals surface area contributed by atoms with Gasteiger partial charge in [-0.1, -0.05) is 25.0 Å². The molecule has 5 heteroatoms. The Morgan fingerprint density at radius 2 is 1.96 bits per heavy atom. The van der Waals surface area contributed by atoms with Crippen molar-refractivity contribution in [1.82, 2.24) is 5.32 Å². The second kappa shape index (κ2) is 6.83. The fraction of sp³-hybridized carbons (Fsp3) is 0.579. The fourth-order valence-corrected chi connectivity index (χ4v) is 4.07. The van der Waals surface area contributed by atoms with E-state index in [1.54, 1.807) is 7.11 Å². The first-order valence-corrected chi connectivity index (χ1v) is 8.71. The molecule has 2 saturated carbocycles. The van der Waals surface area contributed by atoms with Crippen LogP contribution in [-0.4, -0.2) is 30.6 Å². The van der Waals surface area contributed by atoms with Gasteiger partial charge in [-0.25, -0.2) is 0 Å². The highest BCUT2D eigenvalue weighted by atomic mass is 16.5. The highest BCUT2D eigenvalue weighted by Crippen LogP contribution is 2.42. The van der Waals surface area contributed by atoms with Gasteiger partial charge in [-0.2, -0.15) is 0 Å². The van der Waals surface area contributed by atoms with Crippen LogP contribution in [0.15, 0.2) is 24.3 Å². The van der Waals surface area contributed by atoms with E-state index in [9.17, 15) is 9.59 Å². The molecule has 2 fully saturated rings. The molecule has 2 atom stereocenters. The van der Waals surface area contributed by atoms with Gasteiger partial charge in [0.05, 0.1) is 18.9 Å². The topological polar surface area (TPSA) is 75.6 Å². The Morgan fingerprint density at radius 1 is 1.25 bits per heavy atom. The van der Waals surface area contributed by atoms with Crippen LogP contribution in [0.1, 0.15) is 44.1 Å². The van der Waals surface area contributed by atoms with Gasteiger partial charge in [-0.15, -0.1) is 0 Å². The molecule has 0 heterocycles. The van der Waals surface area contributed by atoms with Crippen LogP contribution in [0.25, 0.3) is 0 Å². The van der Waals surface area contributed by atoms with Gasteiger partial charge in [0.1, 0.15) is 5.75 Å². The molecule has 0 aliphatic heterocycles. The lowest BCUT2D eigenvalue weighted by Crippen LogP contribution is -2.47. The number of amides is 1. The van der Waals surface area contributed by atoms with E-state index in [-0.39, 0.29) is 17.2 Å². The minimum atomic E-state index is -0.857. The Labute approximate surface area is 142 Å². The molecule has 0 bridgehead atoms. The summed E-state index contributed by atoms with van der Waals surface area (Å²) in [5, 5.41) is 12.2. The van der Waals surface area contributed by atoms with E-state index in [1.807, 2.05) is 12.1 Å². The normalized spacial score (nSPS) is 24.9. The molecular weight excluding hydrogens is 306 g/mol. The summed E-state index contributed by atoms with van der Waals surface area (Å²) in [4.78, 5) is 23.5. The molecule has 2 aliphatic carbocycles. The van der Waals surface area contributed by atoms with E-state index in [2.05, 4.69) is 17.4 Å². The highest BCUT2D eigenvalue weighted by molar-refractivity contribution is 5.86. The Kier molecular flexibility index (Phi) is 4.78. The molecule has 130 valence electrons. The predicted molar refractivity (Wildman–Crippen MR) is 90.0 cm³/mol. The molecule has 24 heavy (non-hydrogen) atoms. The summed E-state index contributed by atoms with van der Waals surface area (Å²) in [5.41, 5.74) is 1.13. The number of ether oxygens (including phenoxy) is 1. The first-order chi connectivity index (χ1) is 11.6. The number of carbonyl (C=O) groups excluding carboxylic acids is 1. The van der Waals surface area contributed by atoms with Gasteiger partial charge in [0.2, 0.25) is 5.91 Å². The lowest BCUT2D eigenvalue weighted by Gasteiger charge is -2.35. The first-order valence-electron chi connectivity index (χ1n) is 8.71. The van der Waals surface area contributed by atoms with E-state index in [1.165, 1.54) is 5.56 Å². The third-order valence-corrected chi connectivity index (χ3v) is 5.77. The second-order valence-electron chi connectivity index (χ2n) is 7.07. The van der Waals surface area contributed by atoms with Crippen LogP contribution < -0.4 is 10.1 Å². The molecule has 0 saturated heterocycles. The van der Waals surface area contributed by atoms with E-state index >= 15 is 0 Å². The predicted octanol–water partition coefficient (Wildman–Crippen LogP) is 2.73. The summed E-state index contributed by atoms with van der Waals surface area (Å²) in [6.45, 7) is 0.571. The van der Waals surface area contributed by atoms with Crippen LogP contribution in [0.2, 0.25) is 0 Å². The molecule has 1 amide bonds. The number of aliphatic carboxylic acids is 1. The van der Waals surface area contributed by atoms with Crippen LogP contribution in [0.5, 0.6) is 5.75 Å². The zero-order valence-corrected chi connectivity index (χ0v) is 14.1. The average molecular weight is 331 g/mol. The zero-order chi connectivity index (χ0) is 17.2. The summed E-state index contributed by atoms with van der Waals surface area (Å²) in [6, 6.07) is 8.07. The van der Waals surface area contributed by atoms with Crippen molar-refractivity contribution >= 4 is 11.9 Å². The maximum Gasteiger partial charge on any atom is 0.307 e. The Balaban J connectivity index is 1.70. The van der Waals surface area contributed by atoms with Gasteiger partial charge in [0.15, 0.2) is 0 Å². The summed E-state index contributed by atoms with van der Waals surface area (Å²) >= 11 is 0. The molecule has 1 aromatic rings. The van der Waals surface area contributed by atoms with Crippen molar-refractivity contribution in [3.05, 3.63) is 29.8 Å². The SMILES string of the molecule is COc1cccc(C2(CNC(=O)C3CCC3C(=O)O)CCCC2)c1. The van der Waals surface area contributed by atoms with Crippen molar-refractivity contribution in [2.75, 3.05) is 13.7 Å². The summed E-state index contributed by atoms with van der Waals surface area (Å²) in [6.07, 6.45) is 5.65. The van der Waals surface area contributed by atoms with Gasteiger partial charge in [-0.05, 0) is 43.4 Å². The van der Waals surface area contributed by atoms with Gasteiger partial charge in [0.25, 0.3) is 0 Å². The van der Waals surface area contributed by atoms with Gasteiger partial charge in [0, 0.05) is 12.0 Å². The van der Waals surface area contributed by atoms with E-state index in [0.29, 0.717) is 19.4 Å². The maximum absolute atomic E-state index is 12.4. The zero-order valence-electron chi connectivity index (χ0n) is 14.1. The van der Waals surface area contributed by atoms with Crippen molar-refractivity contribution in [2.24, 2.45) is 11.8 Å². The molecule has 1 aromatic carbocycles. The Morgan fingerprint density at radius 3 is 2.54 bits per heavy atom. The number of methoxy groups -OCH3 is 1. The molecular formula is C19H25NO4. The number of rotatable bonds is 6. The van der Waals surface area contributed by atoms with Crippen LogP contribution in [0, 0.1) is 11.8 Å². The average Bonchev–Trinajstić information content (AvgIpc) is 3.01. The molecule has 2 unspecified atom stereocenters. The van der Waals surface area contributed by atoms with Crippen molar-refractivity contribution < 1.29 is 19.4 Å². The summed E-state index contributed by atoms with van der Waals surface area (Å²) < 4.78 is 5.34. The second-order valence-corrected chi connectivity index (χ2v) is 7.07. The smallest absolute Gasteiger partial charge is 0.307 e. The first kappa shape index (κ1) is 16.8. The van der Waals surface area contributed by atoms with Crippen molar-refractivity contribution in [3.63, 3.8) is 0 Å². The van der Waals surface area contributed by atoms with Crippen LogP contribution in [0.4, 0.5) is 0 Å². The van der Waals surface area contributed by atoms with Crippen LogP contribution in [-0.2, 0) is 15.0 Å². The number of carboxylic acid groups (broad SMARTS) is 1. The summed E-state index contributed by atoms with van der Waals surface area (Å²) in [7, 11) is 1.66. The molecule has 0 spiro atoms. The number of carbonyl (C=O) groups is 2. The maximum atomic E-state index is 12.4.